The van der Waals surface area contributed by atoms with Gasteiger partial charge in [-0.2, -0.15) is 0 Å². The summed E-state index contributed by atoms with van der Waals surface area (Å²) in [5.41, 5.74) is 1.68. The van der Waals surface area contributed by atoms with Gasteiger partial charge in [0.2, 0.25) is 0 Å². The fraction of sp³-hybridized carbons (Fsp3) is 0.227. The number of rotatable bonds is 6. The lowest BCUT2D eigenvalue weighted by atomic mass is 10.1. The third-order valence-corrected chi connectivity index (χ3v) is 5.17. The second kappa shape index (κ2) is 9.41. The van der Waals surface area contributed by atoms with Crippen molar-refractivity contribution in [3.8, 4) is 0 Å². The van der Waals surface area contributed by atoms with Crippen LogP contribution in [0.5, 0.6) is 0 Å². The summed E-state index contributed by atoms with van der Waals surface area (Å²) in [5, 5.41) is 9.15. The van der Waals surface area contributed by atoms with E-state index in [-0.39, 0.29) is 23.9 Å². The van der Waals surface area contributed by atoms with Gasteiger partial charge < -0.3 is 20.7 Å². The van der Waals surface area contributed by atoms with Crippen LogP contribution >= 0.6 is 11.3 Å². The number of nitrogens with one attached hydrogen (secondary N) is 3. The van der Waals surface area contributed by atoms with E-state index in [2.05, 4.69) is 16.0 Å². The number of ether oxygens (including phenoxy) is 1. The Bertz CT molecular complexity index is 1070. The Kier molecular flexibility index (Phi) is 6.68. The van der Waals surface area contributed by atoms with Crippen LogP contribution in [0, 0.1) is 0 Å². The van der Waals surface area contributed by atoms with Crippen LogP contribution in [-0.4, -0.2) is 30.6 Å². The molecule has 0 aliphatic carbocycles. The molecule has 3 amide bonds. The van der Waals surface area contributed by atoms with Crippen molar-refractivity contribution in [3.05, 3.63) is 59.0 Å². The lowest BCUT2D eigenvalue weighted by Crippen LogP contribution is -2.34. The van der Waals surface area contributed by atoms with Crippen molar-refractivity contribution in [2.24, 2.45) is 0 Å². The molecule has 0 aliphatic rings. The minimum absolute atomic E-state index is 0.0315. The maximum atomic E-state index is 12.5. The largest absolute Gasteiger partial charge is 0.462 e. The van der Waals surface area contributed by atoms with Gasteiger partial charge in [-0.15, -0.1) is 11.3 Å². The third kappa shape index (κ3) is 5.36. The highest BCUT2D eigenvalue weighted by Gasteiger charge is 2.13. The van der Waals surface area contributed by atoms with Gasteiger partial charge in [0.1, 0.15) is 4.88 Å². The molecule has 3 aromatic rings. The molecule has 8 heteroatoms. The first-order valence-electron chi connectivity index (χ1n) is 9.55. The quantitative estimate of drug-likeness (QED) is 0.491. The number of hydrogen-bond acceptors (Lipinski definition) is 5. The Hall–Kier alpha value is -3.39. The molecular weight excluding hydrogens is 402 g/mol. The van der Waals surface area contributed by atoms with Crippen LogP contribution < -0.4 is 16.0 Å². The highest BCUT2D eigenvalue weighted by Crippen LogP contribution is 2.29. The van der Waals surface area contributed by atoms with Gasteiger partial charge in [-0.3, -0.25) is 4.79 Å². The second-order valence-electron chi connectivity index (χ2n) is 6.87. The van der Waals surface area contributed by atoms with Crippen LogP contribution in [0.1, 0.15) is 40.8 Å². The van der Waals surface area contributed by atoms with E-state index in [4.69, 9.17) is 4.74 Å². The molecule has 0 unspecified atom stereocenters. The number of benzene rings is 2. The average Bonchev–Trinajstić information content (AvgIpc) is 3.11. The second-order valence-corrected chi connectivity index (χ2v) is 7.95. The predicted molar refractivity (Wildman–Crippen MR) is 119 cm³/mol. The molecule has 3 N–H and O–H groups in total. The third-order valence-electron chi connectivity index (χ3n) is 4.08. The van der Waals surface area contributed by atoms with Gasteiger partial charge in [0, 0.05) is 27.7 Å². The topological polar surface area (TPSA) is 96.5 Å². The first-order chi connectivity index (χ1) is 14.4. The van der Waals surface area contributed by atoms with Crippen LogP contribution in [0.4, 0.5) is 16.2 Å². The number of fused-ring (bicyclic) bond motifs is 1. The van der Waals surface area contributed by atoms with Crippen molar-refractivity contribution in [3.63, 3.8) is 0 Å². The smallest absolute Gasteiger partial charge is 0.348 e. The molecule has 30 heavy (non-hydrogen) atoms. The van der Waals surface area contributed by atoms with Crippen LogP contribution in [0.15, 0.2) is 48.5 Å². The number of carbonyl (C=O) groups excluding carboxylic acids is 3. The van der Waals surface area contributed by atoms with Crippen LogP contribution in [0.2, 0.25) is 0 Å². The zero-order valence-electron chi connectivity index (χ0n) is 16.9. The lowest BCUT2D eigenvalue weighted by molar-refractivity contribution is 0.0532. The summed E-state index contributed by atoms with van der Waals surface area (Å²) in [6.07, 6.45) is 0. The molecule has 1 aromatic heterocycles. The molecule has 1 heterocycles. The van der Waals surface area contributed by atoms with Crippen molar-refractivity contribution in [1.29, 1.82) is 0 Å². The highest BCUT2D eigenvalue weighted by atomic mass is 32.1. The Labute approximate surface area is 178 Å². The highest BCUT2D eigenvalue weighted by molar-refractivity contribution is 7.20. The number of urea groups is 1. The monoisotopic (exact) mass is 425 g/mol. The van der Waals surface area contributed by atoms with E-state index in [1.165, 1.54) is 11.3 Å². The molecular formula is C22H23N3O4S. The maximum absolute atomic E-state index is 12.5. The molecule has 0 saturated carbocycles. The summed E-state index contributed by atoms with van der Waals surface area (Å²) < 4.78 is 5.97. The minimum Gasteiger partial charge on any atom is -0.462 e. The number of carbonyl (C=O) groups is 3. The van der Waals surface area contributed by atoms with Crippen molar-refractivity contribution in [2.45, 2.75) is 26.8 Å². The van der Waals surface area contributed by atoms with Crippen LogP contribution in [-0.2, 0) is 4.74 Å². The van der Waals surface area contributed by atoms with Crippen molar-refractivity contribution in [1.82, 2.24) is 5.32 Å². The number of thiophene rings is 1. The van der Waals surface area contributed by atoms with Gasteiger partial charge in [-0.1, -0.05) is 0 Å². The Balaban J connectivity index is 1.67. The first kappa shape index (κ1) is 21.3. The van der Waals surface area contributed by atoms with Gasteiger partial charge >= 0.3 is 12.0 Å². The Morgan fingerprint density at radius 2 is 1.67 bits per heavy atom. The fourth-order valence-corrected chi connectivity index (χ4v) is 3.70. The molecule has 0 fully saturated rings. The molecule has 0 spiro atoms. The summed E-state index contributed by atoms with van der Waals surface area (Å²) >= 11 is 1.35. The summed E-state index contributed by atoms with van der Waals surface area (Å²) in [7, 11) is 0. The van der Waals surface area contributed by atoms with E-state index in [1.54, 1.807) is 43.3 Å². The van der Waals surface area contributed by atoms with Gasteiger partial charge in [-0.25, -0.2) is 9.59 Å². The zero-order valence-corrected chi connectivity index (χ0v) is 17.8. The maximum Gasteiger partial charge on any atom is 0.348 e. The van der Waals surface area contributed by atoms with E-state index in [0.717, 1.165) is 10.1 Å². The van der Waals surface area contributed by atoms with Crippen LogP contribution in [0.25, 0.3) is 10.1 Å². The summed E-state index contributed by atoms with van der Waals surface area (Å²) in [6, 6.07) is 13.6. The number of hydrogen-bond donors (Lipinski definition) is 3. The van der Waals surface area contributed by atoms with Crippen molar-refractivity contribution < 1.29 is 19.1 Å². The van der Waals surface area contributed by atoms with E-state index >= 15 is 0 Å². The number of anilines is 2. The molecule has 0 atom stereocenters. The molecule has 2 aromatic carbocycles. The summed E-state index contributed by atoms with van der Waals surface area (Å²) in [5.74, 6) is -0.617. The summed E-state index contributed by atoms with van der Waals surface area (Å²) in [6.45, 7) is 5.84. The predicted octanol–water partition coefficient (Wildman–Crippen LogP) is 4.86. The van der Waals surface area contributed by atoms with Gasteiger partial charge in [0.05, 0.1) is 6.61 Å². The van der Waals surface area contributed by atoms with Crippen molar-refractivity contribution in [2.75, 3.05) is 17.2 Å². The number of amides is 3. The average molecular weight is 426 g/mol. The van der Waals surface area contributed by atoms with Gasteiger partial charge in [-0.05, 0) is 74.7 Å². The molecule has 3 rings (SSSR count). The lowest BCUT2D eigenvalue weighted by Gasteiger charge is -2.10. The van der Waals surface area contributed by atoms with Crippen LogP contribution in [0.3, 0.4) is 0 Å². The molecule has 0 bridgehead atoms. The first-order valence-corrected chi connectivity index (χ1v) is 10.4. The standard InChI is InChI=1S/C22H23N3O4S/c1-4-29-21(27)19-12-15-11-17(9-10-18(15)30-19)24-20(26)14-5-7-16(8-6-14)25-22(28)23-13(2)3/h5-13H,4H2,1-3H3,(H,24,26)(H2,23,25,28). The molecule has 0 aliphatic heterocycles. The molecule has 7 nitrogen and oxygen atoms in total. The normalized spacial score (nSPS) is 10.7. The fourth-order valence-electron chi connectivity index (χ4n) is 2.76. The van der Waals surface area contributed by atoms with Gasteiger partial charge in [0.15, 0.2) is 0 Å². The molecule has 0 radical (unpaired) electrons. The van der Waals surface area contributed by atoms with E-state index in [0.29, 0.717) is 28.4 Å². The molecule has 156 valence electrons. The zero-order chi connectivity index (χ0) is 21.7. The SMILES string of the molecule is CCOC(=O)c1cc2cc(NC(=O)c3ccc(NC(=O)NC(C)C)cc3)ccc2s1. The van der Waals surface area contributed by atoms with E-state index < -0.39 is 0 Å². The van der Waals surface area contributed by atoms with Gasteiger partial charge in [0.25, 0.3) is 5.91 Å². The minimum atomic E-state index is -0.347. The van der Waals surface area contributed by atoms with E-state index in [1.807, 2.05) is 26.0 Å². The molecule has 0 saturated heterocycles. The summed E-state index contributed by atoms with van der Waals surface area (Å²) in [4.78, 5) is 36.7. The number of esters is 1. The van der Waals surface area contributed by atoms with Crippen molar-refractivity contribution >= 4 is 50.7 Å². The van der Waals surface area contributed by atoms with E-state index in [9.17, 15) is 14.4 Å². The Morgan fingerprint density at radius 3 is 2.33 bits per heavy atom. The Morgan fingerprint density at radius 1 is 0.967 bits per heavy atom.